The van der Waals surface area contributed by atoms with E-state index in [1.807, 2.05) is 0 Å². The summed E-state index contributed by atoms with van der Waals surface area (Å²) in [5, 5.41) is 0. The molecule has 0 aromatic heterocycles. The molecule has 0 N–H and O–H groups in total. The maximum atomic E-state index is 4.64. The first kappa shape index (κ1) is 19.1. The number of hydrogen-bond donors (Lipinski definition) is 0. The SMILES string of the molecule is CC1=NC2(C1)CC(c1ccc(C)cc1)=N2.CC1=NC2(C1)CC(c1ccc(C)cc1)=N2. The van der Waals surface area contributed by atoms with Crippen molar-refractivity contribution in [3.63, 3.8) is 0 Å². The highest BCUT2D eigenvalue weighted by molar-refractivity contribution is 6.08. The van der Waals surface area contributed by atoms with E-state index in [9.17, 15) is 0 Å². The van der Waals surface area contributed by atoms with Gasteiger partial charge in [0.1, 0.15) is 0 Å². The summed E-state index contributed by atoms with van der Waals surface area (Å²) in [6.45, 7) is 8.36. The molecule has 4 aliphatic heterocycles. The Morgan fingerprint density at radius 3 is 1.07 bits per heavy atom. The topological polar surface area (TPSA) is 49.4 Å². The first-order valence-corrected chi connectivity index (χ1v) is 10.8. The predicted molar refractivity (Wildman–Crippen MR) is 126 cm³/mol. The van der Waals surface area contributed by atoms with E-state index in [1.54, 1.807) is 0 Å². The van der Waals surface area contributed by atoms with Gasteiger partial charge in [-0.25, -0.2) is 0 Å². The highest BCUT2D eigenvalue weighted by atomic mass is 15.2. The second-order valence-electron chi connectivity index (χ2n) is 9.22. The zero-order chi connectivity index (χ0) is 20.9. The fraction of sp³-hybridized carbons (Fsp3) is 0.385. The Balaban J connectivity index is 0.000000128. The Labute approximate surface area is 178 Å². The maximum absolute atomic E-state index is 4.64. The van der Waals surface area contributed by atoms with E-state index < -0.39 is 0 Å². The Morgan fingerprint density at radius 1 is 0.500 bits per heavy atom. The van der Waals surface area contributed by atoms with Gasteiger partial charge in [0.05, 0.1) is 0 Å². The van der Waals surface area contributed by atoms with Crippen molar-refractivity contribution in [3.05, 3.63) is 70.8 Å². The molecule has 0 amide bonds. The van der Waals surface area contributed by atoms with Crippen LogP contribution in [0.4, 0.5) is 0 Å². The van der Waals surface area contributed by atoms with Gasteiger partial charge in [0, 0.05) is 48.5 Å². The molecule has 0 aliphatic carbocycles. The van der Waals surface area contributed by atoms with E-state index in [0.29, 0.717) is 0 Å². The van der Waals surface area contributed by atoms with Crippen LogP contribution in [0.25, 0.3) is 0 Å². The molecule has 6 rings (SSSR count). The quantitative estimate of drug-likeness (QED) is 0.644. The summed E-state index contributed by atoms with van der Waals surface area (Å²) in [6.07, 6.45) is 4.16. The monoisotopic (exact) mass is 396 g/mol. The summed E-state index contributed by atoms with van der Waals surface area (Å²) in [7, 11) is 0. The molecule has 30 heavy (non-hydrogen) atoms. The zero-order valence-corrected chi connectivity index (χ0v) is 18.2. The van der Waals surface area contributed by atoms with Gasteiger partial charge in [-0.1, -0.05) is 59.7 Å². The van der Waals surface area contributed by atoms with Crippen molar-refractivity contribution in [2.75, 3.05) is 0 Å². The van der Waals surface area contributed by atoms with Crippen LogP contribution in [0.1, 0.15) is 61.8 Å². The molecule has 2 spiro atoms. The molecular formula is C26H28N4. The standard InChI is InChI=1S/2C13H14N2/c2*1-9-3-5-11(6-4-9)12-8-13(15-12)7-10(2)14-13/h2*3-6H,7-8H2,1-2H3. The van der Waals surface area contributed by atoms with Gasteiger partial charge in [0.25, 0.3) is 0 Å². The van der Waals surface area contributed by atoms with E-state index in [4.69, 9.17) is 0 Å². The van der Waals surface area contributed by atoms with Gasteiger partial charge >= 0.3 is 0 Å². The van der Waals surface area contributed by atoms with Crippen LogP contribution in [0.3, 0.4) is 0 Å². The Hall–Kier alpha value is -2.88. The number of aliphatic imine (C=N–C) groups is 4. The summed E-state index contributed by atoms with van der Waals surface area (Å²) < 4.78 is 0. The minimum atomic E-state index is -0.0374. The molecule has 2 unspecified atom stereocenters. The van der Waals surface area contributed by atoms with Crippen LogP contribution in [-0.2, 0) is 0 Å². The molecule has 0 bridgehead atoms. The van der Waals surface area contributed by atoms with Gasteiger partial charge in [0.2, 0.25) is 0 Å². The van der Waals surface area contributed by atoms with Crippen LogP contribution in [0, 0.1) is 13.8 Å². The lowest BCUT2D eigenvalue weighted by molar-refractivity contribution is 0.402. The lowest BCUT2D eigenvalue weighted by atomic mass is 9.83. The number of nitrogens with zero attached hydrogens (tertiary/aromatic N) is 4. The van der Waals surface area contributed by atoms with Gasteiger partial charge in [-0.15, -0.1) is 0 Å². The fourth-order valence-corrected chi connectivity index (χ4v) is 4.68. The van der Waals surface area contributed by atoms with Crippen molar-refractivity contribution in [1.29, 1.82) is 0 Å². The van der Waals surface area contributed by atoms with Crippen molar-refractivity contribution >= 4 is 22.8 Å². The highest BCUT2D eigenvalue weighted by Crippen LogP contribution is 2.41. The predicted octanol–water partition coefficient (Wildman–Crippen LogP) is 5.50. The second-order valence-corrected chi connectivity index (χ2v) is 9.22. The summed E-state index contributed by atoms with van der Waals surface area (Å²) in [4.78, 5) is 18.2. The average molecular weight is 397 g/mol. The lowest BCUT2D eigenvalue weighted by Crippen LogP contribution is -2.46. The van der Waals surface area contributed by atoms with Crippen molar-refractivity contribution < 1.29 is 0 Å². The minimum Gasteiger partial charge on any atom is -0.264 e. The third-order valence-electron chi connectivity index (χ3n) is 6.23. The molecule has 152 valence electrons. The van der Waals surface area contributed by atoms with Gasteiger partial charge in [-0.05, 0) is 38.8 Å². The van der Waals surface area contributed by atoms with E-state index in [-0.39, 0.29) is 11.3 Å². The molecule has 0 radical (unpaired) electrons. The number of hydrogen-bond acceptors (Lipinski definition) is 4. The van der Waals surface area contributed by atoms with Gasteiger partial charge in [-0.2, -0.15) is 0 Å². The second kappa shape index (κ2) is 6.83. The third-order valence-corrected chi connectivity index (χ3v) is 6.23. The lowest BCUT2D eigenvalue weighted by Gasteiger charge is -2.41. The van der Waals surface area contributed by atoms with Crippen LogP contribution in [0.2, 0.25) is 0 Å². The summed E-state index contributed by atoms with van der Waals surface area (Å²) in [5.74, 6) is 0. The highest BCUT2D eigenvalue weighted by Gasteiger charge is 2.45. The zero-order valence-electron chi connectivity index (χ0n) is 18.2. The largest absolute Gasteiger partial charge is 0.264 e. The first-order valence-electron chi connectivity index (χ1n) is 10.8. The molecule has 0 fully saturated rings. The molecule has 4 heterocycles. The van der Waals surface area contributed by atoms with Crippen molar-refractivity contribution in [3.8, 4) is 0 Å². The van der Waals surface area contributed by atoms with E-state index in [0.717, 1.165) is 25.7 Å². The van der Waals surface area contributed by atoms with Crippen molar-refractivity contribution in [1.82, 2.24) is 0 Å². The summed E-state index contributed by atoms with van der Waals surface area (Å²) >= 11 is 0. The van der Waals surface area contributed by atoms with E-state index >= 15 is 0 Å². The Bertz CT molecular complexity index is 1030. The van der Waals surface area contributed by atoms with E-state index in [2.05, 4.69) is 96.2 Å². The average Bonchev–Trinajstić information content (AvgIpc) is 2.61. The molecule has 2 atom stereocenters. The molecule has 4 heteroatoms. The third kappa shape index (κ3) is 3.45. The van der Waals surface area contributed by atoms with Crippen molar-refractivity contribution in [2.45, 2.75) is 64.7 Å². The molecule has 0 saturated heterocycles. The maximum Gasteiger partial charge on any atom is 0.160 e. The summed E-state index contributed by atoms with van der Waals surface area (Å²) in [6, 6.07) is 17.1. The normalized spacial score (nSPS) is 27.9. The molecule has 2 aromatic carbocycles. The van der Waals surface area contributed by atoms with Gasteiger partial charge in [-0.3, -0.25) is 20.0 Å². The van der Waals surface area contributed by atoms with Crippen LogP contribution in [0.15, 0.2) is 68.5 Å². The van der Waals surface area contributed by atoms with Crippen LogP contribution >= 0.6 is 0 Å². The fourth-order valence-electron chi connectivity index (χ4n) is 4.68. The Morgan fingerprint density at radius 2 is 0.800 bits per heavy atom. The first-order chi connectivity index (χ1) is 14.3. The van der Waals surface area contributed by atoms with Crippen molar-refractivity contribution in [2.24, 2.45) is 20.0 Å². The molecular weight excluding hydrogens is 368 g/mol. The summed E-state index contributed by atoms with van der Waals surface area (Å²) in [5.41, 5.74) is 9.93. The van der Waals surface area contributed by atoms with Gasteiger partial charge < -0.3 is 0 Å². The smallest absolute Gasteiger partial charge is 0.160 e. The number of aryl methyl sites for hydroxylation is 2. The Kier molecular flexibility index (Phi) is 4.35. The van der Waals surface area contributed by atoms with Crippen LogP contribution < -0.4 is 0 Å². The van der Waals surface area contributed by atoms with Crippen LogP contribution in [0.5, 0.6) is 0 Å². The van der Waals surface area contributed by atoms with Crippen LogP contribution in [-0.4, -0.2) is 34.2 Å². The number of benzene rings is 2. The minimum absolute atomic E-state index is 0.0374. The van der Waals surface area contributed by atoms with E-state index in [1.165, 1.54) is 45.1 Å². The molecule has 4 aliphatic rings. The number of rotatable bonds is 2. The molecule has 4 nitrogen and oxygen atoms in total. The molecule has 0 saturated carbocycles. The molecule has 2 aromatic rings. The van der Waals surface area contributed by atoms with Gasteiger partial charge in [0.15, 0.2) is 11.3 Å².